The van der Waals surface area contributed by atoms with Crippen LogP contribution in [0.3, 0.4) is 0 Å². The van der Waals surface area contributed by atoms with Gasteiger partial charge < -0.3 is 20.6 Å². The maximum absolute atomic E-state index is 14.4. The Kier molecular flexibility index (Phi) is 5.05. The van der Waals surface area contributed by atoms with Crippen LogP contribution in [-0.4, -0.2) is 50.2 Å². The van der Waals surface area contributed by atoms with Crippen molar-refractivity contribution >= 4 is 34.8 Å². The highest BCUT2D eigenvalue weighted by Crippen LogP contribution is 2.30. The monoisotopic (exact) mass is 410 g/mol. The lowest BCUT2D eigenvalue weighted by Gasteiger charge is -2.27. The van der Waals surface area contributed by atoms with Gasteiger partial charge in [-0.15, -0.1) is 0 Å². The van der Waals surface area contributed by atoms with Gasteiger partial charge >= 0.3 is 5.97 Å². The highest BCUT2D eigenvalue weighted by atomic mass is 19.1. The molecule has 30 heavy (non-hydrogen) atoms. The first-order chi connectivity index (χ1) is 14.4. The van der Waals surface area contributed by atoms with Crippen LogP contribution in [0.2, 0.25) is 0 Å². The molecule has 3 N–H and O–H groups in total. The first kappa shape index (κ1) is 19.4. The number of hydrogen-bond donors (Lipinski definition) is 3. The summed E-state index contributed by atoms with van der Waals surface area (Å²) in [7, 11) is 1.74. The molecule has 0 spiro atoms. The number of aliphatic carboxylic acids is 1. The number of fused-ring (bicyclic) bond motifs is 1. The summed E-state index contributed by atoms with van der Waals surface area (Å²) in [5.41, 5.74) is 2.64. The molecule has 1 aliphatic heterocycles. The lowest BCUT2D eigenvalue weighted by atomic mass is 9.97. The molecule has 1 aliphatic rings. The molecule has 9 nitrogen and oxygen atoms in total. The summed E-state index contributed by atoms with van der Waals surface area (Å²) in [5.74, 6) is -1.36. The van der Waals surface area contributed by atoms with Crippen LogP contribution in [0.5, 0.6) is 0 Å². The zero-order chi connectivity index (χ0) is 21.3. The molecule has 3 heterocycles. The molecule has 0 unspecified atom stereocenters. The summed E-state index contributed by atoms with van der Waals surface area (Å²) in [6.45, 7) is 0.370. The second kappa shape index (κ2) is 7.82. The van der Waals surface area contributed by atoms with E-state index in [1.54, 1.807) is 18.0 Å². The van der Waals surface area contributed by atoms with E-state index >= 15 is 0 Å². The Morgan fingerprint density at radius 2 is 2.10 bits per heavy atom. The van der Waals surface area contributed by atoms with Gasteiger partial charge in [0.25, 0.3) is 5.91 Å². The molecule has 0 atom stereocenters. The number of rotatable bonds is 6. The first-order valence-electron chi connectivity index (χ1n) is 9.22. The van der Waals surface area contributed by atoms with E-state index in [2.05, 4.69) is 20.7 Å². The molecule has 1 amide bonds. The van der Waals surface area contributed by atoms with Gasteiger partial charge in [0.15, 0.2) is 5.82 Å². The van der Waals surface area contributed by atoms with Crippen molar-refractivity contribution in [3.63, 3.8) is 0 Å². The van der Waals surface area contributed by atoms with Crippen LogP contribution in [0.15, 0.2) is 42.9 Å². The van der Waals surface area contributed by atoms with E-state index in [0.717, 1.165) is 18.2 Å². The Hall–Kier alpha value is -3.95. The average molecular weight is 410 g/mol. The maximum atomic E-state index is 14.4. The zero-order valence-electron chi connectivity index (χ0n) is 16.1. The quantitative estimate of drug-likeness (QED) is 0.573. The number of nitrogens with one attached hydrogen (secondary N) is 2. The molecule has 1 aromatic carbocycles. The predicted octanol–water partition coefficient (Wildman–Crippen LogP) is 2.62. The minimum atomic E-state index is -1.01. The smallest absolute Gasteiger partial charge is 0.325 e. The number of anilines is 4. The summed E-state index contributed by atoms with van der Waals surface area (Å²) >= 11 is 0. The van der Waals surface area contributed by atoms with Crippen molar-refractivity contribution in [2.75, 3.05) is 24.2 Å². The van der Waals surface area contributed by atoms with E-state index in [1.807, 2.05) is 12.1 Å². The largest absolute Gasteiger partial charge is 0.480 e. The third-order valence-electron chi connectivity index (χ3n) is 4.76. The van der Waals surface area contributed by atoms with Crippen LogP contribution in [-0.2, 0) is 17.8 Å². The molecule has 0 saturated carbocycles. The molecule has 4 rings (SSSR count). The van der Waals surface area contributed by atoms with Gasteiger partial charge in [-0.05, 0) is 18.1 Å². The van der Waals surface area contributed by atoms with Gasteiger partial charge in [0.1, 0.15) is 12.4 Å². The molecule has 2 aromatic heterocycles. The van der Waals surface area contributed by atoms with E-state index in [-0.39, 0.29) is 18.1 Å². The number of carboxylic acids is 1. The van der Waals surface area contributed by atoms with Crippen LogP contribution in [0.25, 0.3) is 0 Å². The molecule has 0 fully saturated rings. The molecular weight excluding hydrogens is 391 g/mol. The van der Waals surface area contributed by atoms with Crippen LogP contribution < -0.4 is 10.6 Å². The number of halogens is 1. The van der Waals surface area contributed by atoms with Gasteiger partial charge in [0.05, 0.1) is 35.0 Å². The van der Waals surface area contributed by atoms with Crippen LogP contribution in [0.1, 0.15) is 15.9 Å². The Bertz CT molecular complexity index is 1130. The molecule has 154 valence electrons. The Morgan fingerprint density at radius 3 is 2.90 bits per heavy atom. The average Bonchev–Trinajstić information content (AvgIpc) is 3.13. The van der Waals surface area contributed by atoms with Crippen LogP contribution >= 0.6 is 0 Å². The third-order valence-corrected chi connectivity index (χ3v) is 4.76. The normalized spacial score (nSPS) is 13.1. The minimum Gasteiger partial charge on any atom is -0.480 e. The summed E-state index contributed by atoms with van der Waals surface area (Å²) < 4.78 is 15.7. The molecule has 0 saturated heterocycles. The fourth-order valence-corrected chi connectivity index (χ4v) is 3.29. The van der Waals surface area contributed by atoms with Crippen molar-refractivity contribution in [3.8, 4) is 0 Å². The van der Waals surface area contributed by atoms with E-state index in [9.17, 15) is 14.0 Å². The van der Waals surface area contributed by atoms with Gasteiger partial charge in [0, 0.05) is 25.9 Å². The van der Waals surface area contributed by atoms with Gasteiger partial charge in [-0.1, -0.05) is 12.1 Å². The standard InChI is InChI=1S/C20H19FN6O3/c1-26-6-5-12-3-2-4-15(19(12)20(26)30)25-16-7-17(22-9-14(16)21)24-13-8-23-27(10-13)11-18(28)29/h2-4,7-10H,5-6,11H2,1H3,(H,28,29)(H2,22,24,25). The van der Waals surface area contributed by atoms with Gasteiger partial charge in [-0.3, -0.25) is 14.3 Å². The fraction of sp³-hybridized carbons (Fsp3) is 0.200. The SMILES string of the molecule is CN1CCc2cccc(Nc3cc(Nc4cnn(CC(=O)O)c4)ncc3F)c2C1=O. The number of likely N-dealkylation sites (N-methyl/N-ethyl adjacent to an activating group) is 1. The number of pyridine rings is 1. The topological polar surface area (TPSA) is 112 Å². The van der Waals surface area contributed by atoms with Crippen LogP contribution in [0.4, 0.5) is 27.3 Å². The number of aromatic nitrogens is 3. The minimum absolute atomic E-state index is 0.113. The lowest BCUT2D eigenvalue weighted by molar-refractivity contribution is -0.137. The van der Waals surface area contributed by atoms with Crippen LogP contribution in [0, 0.1) is 5.82 Å². The summed E-state index contributed by atoms with van der Waals surface area (Å²) in [4.78, 5) is 29.0. The maximum Gasteiger partial charge on any atom is 0.325 e. The Balaban J connectivity index is 1.59. The number of hydrogen-bond acceptors (Lipinski definition) is 6. The van der Waals surface area contributed by atoms with Crippen molar-refractivity contribution in [3.05, 3.63) is 59.8 Å². The Morgan fingerprint density at radius 1 is 1.27 bits per heavy atom. The number of amides is 1. The van der Waals surface area contributed by atoms with E-state index < -0.39 is 11.8 Å². The Labute approximate surface area is 171 Å². The molecule has 0 bridgehead atoms. The molecule has 10 heteroatoms. The van der Waals surface area contributed by atoms with Gasteiger partial charge in [-0.2, -0.15) is 5.10 Å². The van der Waals surface area contributed by atoms with Crippen molar-refractivity contribution in [1.29, 1.82) is 0 Å². The number of carbonyl (C=O) groups excluding carboxylic acids is 1. The summed E-state index contributed by atoms with van der Waals surface area (Å²) in [6, 6.07) is 6.93. The van der Waals surface area contributed by atoms with Crippen molar-refractivity contribution in [2.24, 2.45) is 0 Å². The third kappa shape index (κ3) is 3.93. The van der Waals surface area contributed by atoms with Gasteiger partial charge in [0.2, 0.25) is 0 Å². The lowest BCUT2D eigenvalue weighted by Crippen LogP contribution is -2.34. The molecule has 0 radical (unpaired) electrons. The highest BCUT2D eigenvalue weighted by Gasteiger charge is 2.24. The first-order valence-corrected chi connectivity index (χ1v) is 9.22. The molecular formula is C20H19FN6O3. The van der Waals surface area contributed by atoms with E-state index in [4.69, 9.17) is 5.11 Å². The zero-order valence-corrected chi connectivity index (χ0v) is 16.1. The molecule has 0 aliphatic carbocycles. The number of benzene rings is 1. The highest BCUT2D eigenvalue weighted by molar-refractivity contribution is 6.02. The number of carbonyl (C=O) groups is 2. The van der Waals surface area contributed by atoms with Crippen molar-refractivity contribution in [1.82, 2.24) is 19.7 Å². The summed E-state index contributed by atoms with van der Waals surface area (Å²) in [5, 5.41) is 18.7. The van der Waals surface area contributed by atoms with Crippen molar-refractivity contribution in [2.45, 2.75) is 13.0 Å². The second-order valence-corrected chi connectivity index (χ2v) is 6.94. The predicted molar refractivity (Wildman–Crippen MR) is 108 cm³/mol. The number of carboxylic acid groups (broad SMARTS) is 1. The summed E-state index contributed by atoms with van der Waals surface area (Å²) in [6.07, 6.45) is 4.76. The number of nitrogens with zero attached hydrogens (tertiary/aromatic N) is 4. The molecule has 3 aromatic rings. The van der Waals surface area contributed by atoms with E-state index in [0.29, 0.717) is 29.3 Å². The van der Waals surface area contributed by atoms with Crippen molar-refractivity contribution < 1.29 is 19.1 Å². The second-order valence-electron chi connectivity index (χ2n) is 6.94. The fourth-order valence-electron chi connectivity index (χ4n) is 3.29. The van der Waals surface area contributed by atoms with E-state index in [1.165, 1.54) is 23.1 Å². The van der Waals surface area contributed by atoms with Gasteiger partial charge in [-0.25, -0.2) is 9.37 Å².